The van der Waals surface area contributed by atoms with Crippen LogP contribution in [0.4, 0.5) is 0 Å². The van der Waals surface area contributed by atoms with Gasteiger partial charge in [-0.05, 0) is 68.9 Å². The number of hydrogen-bond donors (Lipinski definition) is 2. The van der Waals surface area contributed by atoms with E-state index in [2.05, 4.69) is 36.2 Å². The smallest absolute Gasteiger partial charge is 0.0721 e. The fourth-order valence-electron chi connectivity index (χ4n) is 4.95. The van der Waals surface area contributed by atoms with Crippen LogP contribution in [0.25, 0.3) is 0 Å². The summed E-state index contributed by atoms with van der Waals surface area (Å²) in [5, 5.41) is 20.6. The highest BCUT2D eigenvalue weighted by atomic mass is 16.3. The molecule has 2 aliphatic rings. The molecule has 0 saturated heterocycles. The van der Waals surface area contributed by atoms with Crippen molar-refractivity contribution < 1.29 is 10.2 Å². The summed E-state index contributed by atoms with van der Waals surface area (Å²) in [5.41, 5.74) is 2.76. The molecule has 0 radical (unpaired) electrons. The summed E-state index contributed by atoms with van der Waals surface area (Å²) in [4.78, 5) is 4.40. The van der Waals surface area contributed by atoms with Gasteiger partial charge in [0, 0.05) is 17.8 Å². The Balaban J connectivity index is 1.42. The van der Waals surface area contributed by atoms with E-state index in [0.29, 0.717) is 11.8 Å². The molecule has 0 aliphatic heterocycles. The zero-order valence-electron chi connectivity index (χ0n) is 17.3. The third-order valence-corrected chi connectivity index (χ3v) is 6.52. The van der Waals surface area contributed by atoms with Gasteiger partial charge in [-0.2, -0.15) is 0 Å². The summed E-state index contributed by atoms with van der Waals surface area (Å²) in [6, 6.07) is 6.13. The summed E-state index contributed by atoms with van der Waals surface area (Å²) in [7, 11) is 0. The highest BCUT2D eigenvalue weighted by Gasteiger charge is 2.43. The van der Waals surface area contributed by atoms with Crippen molar-refractivity contribution in [1.82, 2.24) is 4.98 Å². The molecule has 1 fully saturated rings. The molecule has 0 unspecified atom stereocenters. The normalized spacial score (nSPS) is 27.9. The maximum absolute atomic E-state index is 10.5. The first-order chi connectivity index (χ1) is 13.7. The van der Waals surface area contributed by atoms with E-state index in [1.54, 1.807) is 5.57 Å². The van der Waals surface area contributed by atoms with Crippen molar-refractivity contribution in [2.75, 3.05) is 0 Å². The lowest BCUT2D eigenvalue weighted by atomic mass is 9.88. The predicted octanol–water partition coefficient (Wildman–Crippen LogP) is 5.24. The van der Waals surface area contributed by atoms with E-state index < -0.39 is 0 Å². The number of aromatic nitrogens is 1. The Labute approximate surface area is 170 Å². The molecule has 3 nitrogen and oxygen atoms in total. The van der Waals surface area contributed by atoms with Gasteiger partial charge in [0.05, 0.1) is 12.2 Å². The molecule has 1 heterocycles. The minimum Gasteiger partial charge on any atom is -0.392 e. The van der Waals surface area contributed by atoms with Gasteiger partial charge >= 0.3 is 0 Å². The minimum absolute atomic E-state index is 0.202. The zero-order chi connectivity index (χ0) is 19.8. The van der Waals surface area contributed by atoms with Gasteiger partial charge in [-0.15, -0.1) is 0 Å². The van der Waals surface area contributed by atoms with Crippen LogP contribution in [0.3, 0.4) is 0 Å². The molecule has 0 bridgehead atoms. The first kappa shape index (κ1) is 21.3. The van der Waals surface area contributed by atoms with E-state index in [9.17, 15) is 10.2 Å². The van der Waals surface area contributed by atoms with Crippen molar-refractivity contribution in [3.63, 3.8) is 0 Å². The van der Waals surface area contributed by atoms with Gasteiger partial charge < -0.3 is 10.2 Å². The molecule has 154 valence electrons. The second-order valence-corrected chi connectivity index (χ2v) is 8.71. The monoisotopic (exact) mass is 383 g/mol. The van der Waals surface area contributed by atoms with E-state index >= 15 is 0 Å². The number of aryl methyl sites for hydroxylation is 1. The Hall–Kier alpha value is -1.45. The lowest BCUT2D eigenvalue weighted by Gasteiger charge is -2.19. The van der Waals surface area contributed by atoms with Crippen LogP contribution in [0.5, 0.6) is 0 Å². The topological polar surface area (TPSA) is 53.4 Å². The van der Waals surface area contributed by atoms with E-state index in [1.165, 1.54) is 37.8 Å². The maximum Gasteiger partial charge on any atom is 0.0721 e. The summed E-state index contributed by atoms with van der Waals surface area (Å²) in [6.45, 7) is 2.18. The number of nitrogens with zero attached hydrogens (tertiary/aromatic N) is 1. The number of fused-ring (bicyclic) bond motifs is 1. The van der Waals surface area contributed by atoms with Gasteiger partial charge in [-0.3, -0.25) is 4.98 Å². The van der Waals surface area contributed by atoms with Gasteiger partial charge in [0.1, 0.15) is 0 Å². The van der Waals surface area contributed by atoms with Crippen LogP contribution in [0.15, 0.2) is 48.2 Å². The Bertz CT molecular complexity index is 639. The van der Waals surface area contributed by atoms with Crippen LogP contribution < -0.4 is 0 Å². The lowest BCUT2D eigenvalue weighted by molar-refractivity contribution is 0.139. The number of hydrogen-bond acceptors (Lipinski definition) is 3. The second kappa shape index (κ2) is 10.9. The quantitative estimate of drug-likeness (QED) is 0.406. The van der Waals surface area contributed by atoms with Gasteiger partial charge in [-0.25, -0.2) is 0 Å². The number of aliphatic hydroxyl groups excluding tert-OH is 2. The van der Waals surface area contributed by atoms with E-state index in [4.69, 9.17) is 0 Å². The molecule has 3 heteroatoms. The van der Waals surface area contributed by atoms with Crippen molar-refractivity contribution in [2.45, 2.75) is 83.3 Å². The standard InChI is InChI=1S/C25H37NO2/c1-2-3-4-12-22(27)13-14-23-24-17-19(16-20(24)18-25(23)28)9-5-6-10-21-11-7-8-15-26-21/h7-8,11,13-16,20,22-25,27-28H,2-6,9-10,12,17-18H2,1H3/t20-,22-,23+,24-,25+/m0/s1. The Morgan fingerprint density at radius 3 is 2.82 bits per heavy atom. The van der Waals surface area contributed by atoms with Gasteiger partial charge in [0.15, 0.2) is 0 Å². The number of allylic oxidation sites excluding steroid dienone is 2. The third-order valence-electron chi connectivity index (χ3n) is 6.52. The zero-order valence-corrected chi connectivity index (χ0v) is 17.3. The highest BCUT2D eigenvalue weighted by molar-refractivity contribution is 5.21. The van der Waals surface area contributed by atoms with E-state index in [1.807, 2.05) is 18.3 Å². The van der Waals surface area contributed by atoms with Crippen LogP contribution in [0.2, 0.25) is 0 Å². The van der Waals surface area contributed by atoms with Crippen LogP contribution >= 0.6 is 0 Å². The molecule has 0 spiro atoms. The van der Waals surface area contributed by atoms with Crippen LogP contribution in [-0.4, -0.2) is 27.4 Å². The van der Waals surface area contributed by atoms with Crippen molar-refractivity contribution >= 4 is 0 Å². The molecule has 2 N–H and O–H groups in total. The molecular formula is C25H37NO2. The van der Waals surface area contributed by atoms with Gasteiger partial charge in [0.2, 0.25) is 0 Å². The third kappa shape index (κ3) is 6.02. The highest BCUT2D eigenvalue weighted by Crippen LogP contribution is 2.48. The molecule has 5 atom stereocenters. The van der Waals surface area contributed by atoms with E-state index in [0.717, 1.165) is 32.1 Å². The van der Waals surface area contributed by atoms with Crippen molar-refractivity contribution in [2.24, 2.45) is 17.8 Å². The van der Waals surface area contributed by atoms with Crippen molar-refractivity contribution in [1.29, 1.82) is 0 Å². The molecule has 1 saturated carbocycles. The average molecular weight is 384 g/mol. The number of aliphatic hydroxyl groups is 2. The summed E-state index contributed by atoms with van der Waals surface area (Å²) < 4.78 is 0. The minimum atomic E-state index is -0.363. The van der Waals surface area contributed by atoms with E-state index in [-0.39, 0.29) is 18.1 Å². The number of pyridine rings is 1. The van der Waals surface area contributed by atoms with Gasteiger partial charge in [0.25, 0.3) is 0 Å². The summed E-state index contributed by atoms with van der Waals surface area (Å²) in [6.07, 6.45) is 18.6. The van der Waals surface area contributed by atoms with Crippen LogP contribution in [0.1, 0.15) is 70.4 Å². The number of unbranched alkanes of at least 4 members (excludes halogenated alkanes) is 3. The van der Waals surface area contributed by atoms with Crippen LogP contribution in [0, 0.1) is 17.8 Å². The molecule has 1 aromatic rings. The fourth-order valence-corrected chi connectivity index (χ4v) is 4.95. The summed E-state index contributed by atoms with van der Waals surface area (Å²) >= 11 is 0. The van der Waals surface area contributed by atoms with Crippen molar-refractivity contribution in [3.8, 4) is 0 Å². The molecule has 1 aromatic heterocycles. The first-order valence-electron chi connectivity index (χ1n) is 11.3. The number of rotatable bonds is 11. The molecule has 0 amide bonds. The van der Waals surface area contributed by atoms with Crippen molar-refractivity contribution in [3.05, 3.63) is 53.9 Å². The lowest BCUT2D eigenvalue weighted by Crippen LogP contribution is -2.18. The molecule has 28 heavy (non-hydrogen) atoms. The van der Waals surface area contributed by atoms with Gasteiger partial charge in [-0.1, -0.05) is 56.1 Å². The summed E-state index contributed by atoms with van der Waals surface area (Å²) in [5.74, 6) is 1.25. The molecule has 0 aromatic carbocycles. The largest absolute Gasteiger partial charge is 0.392 e. The molecule has 2 aliphatic carbocycles. The Morgan fingerprint density at radius 1 is 1.18 bits per heavy atom. The molecular weight excluding hydrogens is 346 g/mol. The SMILES string of the molecule is CCCCC[C@H](O)C=C[C@@H]1[C@H]2CC(CCCCc3ccccn3)=C[C@H]2C[C@H]1O. The average Bonchev–Trinajstić information content (AvgIpc) is 3.21. The Morgan fingerprint density at radius 2 is 2.04 bits per heavy atom. The maximum atomic E-state index is 10.5. The first-order valence-corrected chi connectivity index (χ1v) is 11.3. The van der Waals surface area contributed by atoms with Crippen LogP contribution in [-0.2, 0) is 6.42 Å². The second-order valence-electron chi connectivity index (χ2n) is 8.71. The Kier molecular flexibility index (Phi) is 8.29. The predicted molar refractivity (Wildman–Crippen MR) is 115 cm³/mol. The molecule has 3 rings (SSSR count). The fraction of sp³-hybridized carbons (Fsp3) is 0.640.